The molecule has 0 unspecified atom stereocenters. The zero-order chi connectivity index (χ0) is 20.7. The van der Waals surface area contributed by atoms with E-state index in [1.807, 2.05) is 0 Å². The first-order valence-electron chi connectivity index (χ1n) is 8.52. The average Bonchev–Trinajstić information content (AvgIpc) is 2.70. The minimum absolute atomic E-state index is 0.0309. The molecule has 0 spiro atoms. The van der Waals surface area contributed by atoms with Crippen molar-refractivity contribution < 1.29 is 27.8 Å². The lowest BCUT2D eigenvalue weighted by Gasteiger charge is -2.25. The zero-order valence-corrected chi connectivity index (χ0v) is 16.8. The van der Waals surface area contributed by atoms with Crippen LogP contribution in [0.2, 0.25) is 0 Å². The number of methoxy groups -OCH3 is 2. The fourth-order valence-corrected chi connectivity index (χ4v) is 4.21. The van der Waals surface area contributed by atoms with Crippen LogP contribution in [0.3, 0.4) is 0 Å². The predicted molar refractivity (Wildman–Crippen MR) is 105 cm³/mol. The second kappa shape index (κ2) is 9.43. The van der Waals surface area contributed by atoms with Crippen LogP contribution in [0, 0.1) is 6.92 Å². The largest absolute Gasteiger partial charge is 0.497 e. The van der Waals surface area contributed by atoms with Gasteiger partial charge in [-0.15, -0.1) is 0 Å². The van der Waals surface area contributed by atoms with Gasteiger partial charge < -0.3 is 19.9 Å². The molecule has 2 rings (SSSR count). The zero-order valence-electron chi connectivity index (χ0n) is 16.0. The van der Waals surface area contributed by atoms with Gasteiger partial charge in [0.05, 0.1) is 26.5 Å². The molecule has 28 heavy (non-hydrogen) atoms. The molecule has 2 aromatic rings. The van der Waals surface area contributed by atoms with Gasteiger partial charge in [-0.1, -0.05) is 6.07 Å². The number of nitrogens with one attached hydrogen (secondary N) is 1. The smallest absolute Gasteiger partial charge is 0.268 e. The van der Waals surface area contributed by atoms with Crippen molar-refractivity contribution in [2.24, 2.45) is 0 Å². The Kier molecular flexibility index (Phi) is 7.24. The fourth-order valence-electron chi connectivity index (χ4n) is 2.55. The number of ether oxygens (including phenoxy) is 2. The molecular weight excluding hydrogens is 384 g/mol. The molecule has 0 bridgehead atoms. The van der Waals surface area contributed by atoms with Crippen LogP contribution in [0.25, 0.3) is 0 Å². The lowest BCUT2D eigenvalue weighted by Crippen LogP contribution is -2.41. The third kappa shape index (κ3) is 4.93. The van der Waals surface area contributed by atoms with Crippen LogP contribution in [0.4, 0.5) is 5.69 Å². The number of aliphatic hydroxyl groups is 1. The monoisotopic (exact) mass is 408 g/mol. The Labute approximate surface area is 164 Å². The van der Waals surface area contributed by atoms with Crippen LogP contribution < -0.4 is 19.1 Å². The van der Waals surface area contributed by atoms with Crippen LogP contribution in [-0.4, -0.2) is 53.3 Å². The van der Waals surface area contributed by atoms with E-state index in [2.05, 4.69) is 5.32 Å². The van der Waals surface area contributed by atoms with E-state index in [4.69, 9.17) is 14.6 Å². The molecule has 2 aromatic carbocycles. The van der Waals surface area contributed by atoms with Crippen LogP contribution in [0.5, 0.6) is 11.5 Å². The van der Waals surface area contributed by atoms with Gasteiger partial charge in [-0.3, -0.25) is 9.10 Å². The highest BCUT2D eigenvalue weighted by atomic mass is 32.2. The first-order valence-corrected chi connectivity index (χ1v) is 9.96. The maximum absolute atomic E-state index is 13.4. The summed E-state index contributed by atoms with van der Waals surface area (Å²) in [4.78, 5) is 12.2. The molecule has 8 nitrogen and oxygen atoms in total. The topological polar surface area (TPSA) is 105 Å². The number of hydrogen-bond donors (Lipinski definition) is 2. The summed E-state index contributed by atoms with van der Waals surface area (Å²) in [6.07, 6.45) is 0. The third-order valence-electron chi connectivity index (χ3n) is 3.97. The number of rotatable bonds is 9. The van der Waals surface area contributed by atoms with Gasteiger partial charge in [0.1, 0.15) is 22.9 Å². The molecule has 2 N–H and O–H groups in total. The number of nitrogens with zero attached hydrogens (tertiary/aromatic N) is 1. The second-order valence-electron chi connectivity index (χ2n) is 5.94. The van der Waals surface area contributed by atoms with Crippen molar-refractivity contribution in [3.05, 3.63) is 48.0 Å². The van der Waals surface area contributed by atoms with E-state index in [0.717, 1.165) is 9.87 Å². The number of hydrogen-bond acceptors (Lipinski definition) is 6. The Bertz CT molecular complexity index is 913. The van der Waals surface area contributed by atoms with Crippen molar-refractivity contribution in [3.63, 3.8) is 0 Å². The van der Waals surface area contributed by atoms with Gasteiger partial charge >= 0.3 is 0 Å². The third-order valence-corrected chi connectivity index (χ3v) is 5.76. The molecule has 0 aliphatic rings. The summed E-state index contributed by atoms with van der Waals surface area (Å²) in [5.74, 6) is 0.193. The molecule has 152 valence electrons. The molecule has 0 aliphatic heterocycles. The van der Waals surface area contributed by atoms with E-state index >= 15 is 0 Å². The van der Waals surface area contributed by atoms with Crippen LogP contribution >= 0.6 is 0 Å². The maximum Gasteiger partial charge on any atom is 0.268 e. The lowest BCUT2D eigenvalue weighted by atomic mass is 10.2. The van der Waals surface area contributed by atoms with Crippen molar-refractivity contribution >= 4 is 21.6 Å². The molecule has 0 saturated heterocycles. The van der Waals surface area contributed by atoms with Crippen LogP contribution in [-0.2, 0) is 14.8 Å². The number of carbonyl (C=O) groups is 1. The van der Waals surface area contributed by atoms with Crippen molar-refractivity contribution in [3.8, 4) is 11.5 Å². The average molecular weight is 408 g/mol. The van der Waals surface area contributed by atoms with E-state index in [0.29, 0.717) is 11.4 Å². The maximum atomic E-state index is 13.4. The number of amides is 1. The Morgan fingerprint density at radius 2 is 1.79 bits per heavy atom. The molecule has 0 saturated carbocycles. The van der Waals surface area contributed by atoms with E-state index in [-0.39, 0.29) is 23.8 Å². The van der Waals surface area contributed by atoms with Gasteiger partial charge in [0.2, 0.25) is 5.91 Å². The SMILES string of the molecule is COc1ccc(N(CC(=O)NCCO)S(=O)(=O)c2cc(C)ccc2OC)cc1. The first kappa shape index (κ1) is 21.5. The van der Waals surface area contributed by atoms with Crippen molar-refractivity contribution in [2.75, 3.05) is 38.2 Å². The first-order chi connectivity index (χ1) is 13.3. The summed E-state index contributed by atoms with van der Waals surface area (Å²) >= 11 is 0. The molecule has 0 radical (unpaired) electrons. The van der Waals surface area contributed by atoms with Crippen LogP contribution in [0.15, 0.2) is 47.4 Å². The summed E-state index contributed by atoms with van der Waals surface area (Å²) in [7, 11) is -1.23. The van der Waals surface area contributed by atoms with Gasteiger partial charge in [0, 0.05) is 6.54 Å². The van der Waals surface area contributed by atoms with E-state index < -0.39 is 22.5 Å². The highest BCUT2D eigenvalue weighted by Crippen LogP contribution is 2.31. The number of anilines is 1. The quantitative estimate of drug-likeness (QED) is 0.648. The molecule has 9 heteroatoms. The summed E-state index contributed by atoms with van der Waals surface area (Å²) < 4.78 is 38.2. The Morgan fingerprint density at radius 3 is 2.36 bits per heavy atom. The number of aliphatic hydroxyl groups excluding tert-OH is 1. The molecule has 1 amide bonds. The Balaban J connectivity index is 2.52. The number of sulfonamides is 1. The molecule has 0 fully saturated rings. The van der Waals surface area contributed by atoms with Gasteiger partial charge in [0.25, 0.3) is 10.0 Å². The highest BCUT2D eigenvalue weighted by molar-refractivity contribution is 7.93. The minimum Gasteiger partial charge on any atom is -0.497 e. The lowest BCUT2D eigenvalue weighted by molar-refractivity contribution is -0.119. The number of benzene rings is 2. The number of carbonyl (C=O) groups excluding carboxylic acids is 1. The number of aryl methyl sites for hydroxylation is 1. The van der Waals surface area contributed by atoms with Gasteiger partial charge in [0.15, 0.2) is 0 Å². The second-order valence-corrected chi connectivity index (χ2v) is 7.77. The standard InChI is InChI=1S/C19H24N2O6S/c1-14-4-9-17(27-3)18(12-14)28(24,25)21(13-19(23)20-10-11-22)15-5-7-16(26-2)8-6-15/h4-9,12,22H,10-11,13H2,1-3H3,(H,20,23). The van der Waals surface area contributed by atoms with Gasteiger partial charge in [-0.25, -0.2) is 8.42 Å². The van der Waals surface area contributed by atoms with E-state index in [9.17, 15) is 13.2 Å². The summed E-state index contributed by atoms with van der Waals surface area (Å²) in [6, 6.07) is 11.1. The van der Waals surface area contributed by atoms with Crippen molar-refractivity contribution in [1.82, 2.24) is 5.32 Å². The summed E-state index contributed by atoms with van der Waals surface area (Å²) in [6.45, 7) is 1.10. The molecule has 0 aliphatic carbocycles. The fraction of sp³-hybridized carbons (Fsp3) is 0.316. The molecular formula is C19H24N2O6S. The molecule has 0 heterocycles. The van der Waals surface area contributed by atoms with Crippen molar-refractivity contribution in [2.45, 2.75) is 11.8 Å². The molecule has 0 aromatic heterocycles. The van der Waals surface area contributed by atoms with E-state index in [1.54, 1.807) is 43.3 Å². The van der Waals surface area contributed by atoms with Gasteiger partial charge in [-0.05, 0) is 48.9 Å². The predicted octanol–water partition coefficient (Wildman–Crippen LogP) is 1.32. The van der Waals surface area contributed by atoms with Crippen molar-refractivity contribution in [1.29, 1.82) is 0 Å². The summed E-state index contributed by atoms with van der Waals surface area (Å²) in [5.41, 5.74) is 1.03. The molecule has 0 atom stereocenters. The Morgan fingerprint density at radius 1 is 1.11 bits per heavy atom. The summed E-state index contributed by atoms with van der Waals surface area (Å²) in [5, 5.41) is 11.4. The Hall–Kier alpha value is -2.78. The van der Waals surface area contributed by atoms with E-state index in [1.165, 1.54) is 20.3 Å². The normalized spacial score (nSPS) is 11.0. The van der Waals surface area contributed by atoms with Gasteiger partial charge in [-0.2, -0.15) is 0 Å². The van der Waals surface area contributed by atoms with Crippen LogP contribution in [0.1, 0.15) is 5.56 Å². The minimum atomic E-state index is -4.11. The highest BCUT2D eigenvalue weighted by Gasteiger charge is 2.30.